The van der Waals surface area contributed by atoms with E-state index in [0.717, 1.165) is 48.8 Å². The van der Waals surface area contributed by atoms with Crippen LogP contribution in [0.15, 0.2) is 28.7 Å². The SMILES string of the molecule is NC(=O)CN1CCC(NC(=O)C2(c3ccc(Br)cc3)CC2)CC1. The quantitative estimate of drug-likeness (QED) is 0.814. The molecular weight excluding hydrogens is 358 g/mol. The molecule has 1 saturated heterocycles. The van der Waals surface area contributed by atoms with Crippen LogP contribution >= 0.6 is 15.9 Å². The van der Waals surface area contributed by atoms with Crippen LogP contribution in [0.2, 0.25) is 0 Å². The molecular formula is C17H22BrN3O2. The number of amides is 2. The third-order valence-electron chi connectivity index (χ3n) is 4.88. The second kappa shape index (κ2) is 6.61. The van der Waals surface area contributed by atoms with Gasteiger partial charge in [-0.3, -0.25) is 14.5 Å². The van der Waals surface area contributed by atoms with Gasteiger partial charge >= 0.3 is 0 Å². The van der Waals surface area contributed by atoms with Crippen LogP contribution in [-0.2, 0) is 15.0 Å². The molecule has 2 amide bonds. The number of nitrogens with zero attached hydrogens (tertiary/aromatic N) is 1. The number of nitrogens with two attached hydrogens (primary N) is 1. The van der Waals surface area contributed by atoms with Crippen LogP contribution in [0.4, 0.5) is 0 Å². The average molecular weight is 380 g/mol. The third kappa shape index (κ3) is 3.75. The van der Waals surface area contributed by atoms with Crippen molar-refractivity contribution in [3.05, 3.63) is 34.3 Å². The van der Waals surface area contributed by atoms with E-state index >= 15 is 0 Å². The van der Waals surface area contributed by atoms with Gasteiger partial charge in [-0.2, -0.15) is 0 Å². The molecule has 1 aromatic carbocycles. The van der Waals surface area contributed by atoms with Crippen LogP contribution in [0.3, 0.4) is 0 Å². The predicted molar refractivity (Wildman–Crippen MR) is 91.9 cm³/mol. The summed E-state index contributed by atoms with van der Waals surface area (Å²) in [5, 5.41) is 3.22. The van der Waals surface area contributed by atoms with Crippen LogP contribution in [0.1, 0.15) is 31.2 Å². The Morgan fingerprint density at radius 1 is 1.22 bits per heavy atom. The fourth-order valence-electron chi connectivity index (χ4n) is 3.32. The van der Waals surface area contributed by atoms with Gasteiger partial charge in [-0.15, -0.1) is 0 Å². The number of benzene rings is 1. The van der Waals surface area contributed by atoms with Gasteiger partial charge in [0.25, 0.3) is 0 Å². The molecule has 1 saturated carbocycles. The molecule has 0 atom stereocenters. The molecule has 1 heterocycles. The van der Waals surface area contributed by atoms with E-state index in [2.05, 4.69) is 21.2 Å². The first-order chi connectivity index (χ1) is 11.0. The summed E-state index contributed by atoms with van der Waals surface area (Å²) in [5.74, 6) is -0.146. The lowest BCUT2D eigenvalue weighted by molar-refractivity contribution is -0.125. The standard InChI is InChI=1S/C17H22BrN3O2/c18-13-3-1-12(2-4-13)17(7-8-17)16(23)20-14-5-9-21(10-6-14)11-15(19)22/h1-4,14H,5-11H2,(H2,19,22)(H,20,23). The summed E-state index contributed by atoms with van der Waals surface area (Å²) in [5.41, 5.74) is 6.00. The number of likely N-dealkylation sites (tertiary alicyclic amines) is 1. The van der Waals surface area contributed by atoms with Gasteiger partial charge in [0.2, 0.25) is 11.8 Å². The van der Waals surface area contributed by atoms with E-state index in [0.29, 0.717) is 6.54 Å². The Morgan fingerprint density at radius 3 is 2.35 bits per heavy atom. The Kier molecular flexibility index (Phi) is 4.73. The van der Waals surface area contributed by atoms with Crippen molar-refractivity contribution in [1.82, 2.24) is 10.2 Å². The van der Waals surface area contributed by atoms with Crippen LogP contribution in [0.5, 0.6) is 0 Å². The van der Waals surface area contributed by atoms with Crippen molar-refractivity contribution in [2.45, 2.75) is 37.1 Å². The third-order valence-corrected chi connectivity index (χ3v) is 5.41. The highest BCUT2D eigenvalue weighted by atomic mass is 79.9. The average Bonchev–Trinajstić information content (AvgIpc) is 3.31. The number of carbonyl (C=O) groups is 2. The zero-order valence-corrected chi connectivity index (χ0v) is 14.6. The van der Waals surface area contributed by atoms with E-state index in [1.54, 1.807) is 0 Å². The van der Waals surface area contributed by atoms with Gasteiger partial charge in [-0.25, -0.2) is 0 Å². The fraction of sp³-hybridized carbons (Fsp3) is 0.529. The number of primary amides is 1. The predicted octanol–water partition coefficient (Wildman–Crippen LogP) is 1.55. The van der Waals surface area contributed by atoms with E-state index in [1.807, 2.05) is 29.2 Å². The minimum Gasteiger partial charge on any atom is -0.369 e. The van der Waals surface area contributed by atoms with Crippen LogP contribution in [0, 0.1) is 0 Å². The Bertz CT molecular complexity index is 590. The Balaban J connectivity index is 1.56. The molecule has 0 aromatic heterocycles. The molecule has 0 radical (unpaired) electrons. The molecule has 124 valence electrons. The Morgan fingerprint density at radius 2 is 1.83 bits per heavy atom. The van der Waals surface area contributed by atoms with Gasteiger partial charge in [-0.1, -0.05) is 28.1 Å². The molecule has 3 N–H and O–H groups in total. The van der Waals surface area contributed by atoms with Crippen molar-refractivity contribution in [3.63, 3.8) is 0 Å². The molecule has 1 aromatic rings. The van der Waals surface area contributed by atoms with Crippen molar-refractivity contribution in [2.75, 3.05) is 19.6 Å². The maximum absolute atomic E-state index is 12.7. The van der Waals surface area contributed by atoms with Crippen molar-refractivity contribution in [1.29, 1.82) is 0 Å². The largest absolute Gasteiger partial charge is 0.369 e. The normalized spacial score (nSPS) is 20.9. The summed E-state index contributed by atoms with van der Waals surface area (Å²) < 4.78 is 1.03. The van der Waals surface area contributed by atoms with Gasteiger partial charge < -0.3 is 11.1 Å². The summed E-state index contributed by atoms with van der Waals surface area (Å²) in [7, 11) is 0. The summed E-state index contributed by atoms with van der Waals surface area (Å²) in [6.07, 6.45) is 3.58. The lowest BCUT2D eigenvalue weighted by Crippen LogP contribution is -2.49. The molecule has 0 unspecified atom stereocenters. The van der Waals surface area contributed by atoms with Crippen molar-refractivity contribution in [2.24, 2.45) is 5.73 Å². The molecule has 6 heteroatoms. The summed E-state index contributed by atoms with van der Waals surface area (Å²) >= 11 is 3.43. The van der Waals surface area contributed by atoms with E-state index in [4.69, 9.17) is 5.73 Å². The highest BCUT2D eigenvalue weighted by Crippen LogP contribution is 2.48. The number of nitrogens with one attached hydrogen (secondary N) is 1. The van der Waals surface area contributed by atoms with E-state index < -0.39 is 0 Å². The summed E-state index contributed by atoms with van der Waals surface area (Å²) in [6.45, 7) is 1.92. The first-order valence-corrected chi connectivity index (χ1v) is 8.86. The highest BCUT2D eigenvalue weighted by molar-refractivity contribution is 9.10. The fourth-order valence-corrected chi connectivity index (χ4v) is 3.58. The molecule has 2 aliphatic rings. The minimum atomic E-state index is -0.328. The van der Waals surface area contributed by atoms with Gasteiger partial charge in [0.1, 0.15) is 0 Å². The first-order valence-electron chi connectivity index (χ1n) is 8.07. The lowest BCUT2D eigenvalue weighted by atomic mass is 9.94. The van der Waals surface area contributed by atoms with Gasteiger partial charge in [0.05, 0.1) is 12.0 Å². The Hall–Kier alpha value is -1.40. The molecule has 0 bridgehead atoms. The topological polar surface area (TPSA) is 75.4 Å². The van der Waals surface area contributed by atoms with Crippen LogP contribution in [-0.4, -0.2) is 42.4 Å². The molecule has 2 fully saturated rings. The monoisotopic (exact) mass is 379 g/mol. The zero-order chi connectivity index (χ0) is 16.4. The first kappa shape index (κ1) is 16.5. The van der Waals surface area contributed by atoms with E-state index in [1.165, 1.54) is 0 Å². The van der Waals surface area contributed by atoms with Crippen LogP contribution in [0.25, 0.3) is 0 Å². The number of carbonyl (C=O) groups excluding carboxylic acids is 2. The molecule has 1 aliphatic carbocycles. The van der Waals surface area contributed by atoms with Gasteiger partial charge in [-0.05, 0) is 43.4 Å². The van der Waals surface area contributed by atoms with Gasteiger partial charge in [0.15, 0.2) is 0 Å². The van der Waals surface area contributed by atoms with E-state index in [9.17, 15) is 9.59 Å². The van der Waals surface area contributed by atoms with E-state index in [-0.39, 0.29) is 23.3 Å². The lowest BCUT2D eigenvalue weighted by Gasteiger charge is -2.32. The smallest absolute Gasteiger partial charge is 0.231 e. The molecule has 5 nitrogen and oxygen atoms in total. The van der Waals surface area contributed by atoms with Crippen molar-refractivity contribution >= 4 is 27.7 Å². The highest BCUT2D eigenvalue weighted by Gasteiger charge is 2.51. The second-order valence-electron chi connectivity index (χ2n) is 6.58. The maximum Gasteiger partial charge on any atom is 0.231 e. The number of hydrogen-bond acceptors (Lipinski definition) is 3. The Labute approximate surface area is 144 Å². The summed E-state index contributed by atoms with van der Waals surface area (Å²) in [4.78, 5) is 25.7. The number of hydrogen-bond donors (Lipinski definition) is 2. The molecule has 23 heavy (non-hydrogen) atoms. The summed E-state index contributed by atoms with van der Waals surface area (Å²) in [6, 6.07) is 8.24. The molecule has 3 rings (SSSR count). The molecule has 0 spiro atoms. The maximum atomic E-state index is 12.7. The second-order valence-corrected chi connectivity index (χ2v) is 7.49. The number of piperidine rings is 1. The van der Waals surface area contributed by atoms with Crippen molar-refractivity contribution < 1.29 is 9.59 Å². The number of rotatable bonds is 5. The van der Waals surface area contributed by atoms with Crippen LogP contribution < -0.4 is 11.1 Å². The zero-order valence-electron chi connectivity index (χ0n) is 13.1. The van der Waals surface area contributed by atoms with Crippen molar-refractivity contribution in [3.8, 4) is 0 Å². The minimum absolute atomic E-state index is 0.146. The van der Waals surface area contributed by atoms with Gasteiger partial charge in [0, 0.05) is 23.6 Å². The number of halogens is 1. The molecule has 1 aliphatic heterocycles.